The van der Waals surface area contributed by atoms with Crippen molar-refractivity contribution in [3.8, 4) is 0 Å². The molecule has 0 aliphatic heterocycles. The zero-order valence-corrected chi connectivity index (χ0v) is 44.4. The Labute approximate surface area is 411 Å². The van der Waals surface area contributed by atoms with Crippen LogP contribution < -0.4 is 5.32 Å². The smallest absolute Gasteiger partial charge is 0.305 e. The normalized spacial score (nSPS) is 12.7. The second-order valence-electron chi connectivity index (χ2n) is 20.3. The fourth-order valence-electron chi connectivity index (χ4n) is 9.21. The van der Waals surface area contributed by atoms with Crippen LogP contribution in [0.1, 0.15) is 322 Å². The highest BCUT2D eigenvalue weighted by atomic mass is 16.5. The van der Waals surface area contributed by atoms with Gasteiger partial charge < -0.3 is 20.3 Å². The minimum Gasteiger partial charge on any atom is -0.466 e. The van der Waals surface area contributed by atoms with Crippen molar-refractivity contribution >= 4 is 11.9 Å². The third-order valence-corrected chi connectivity index (χ3v) is 13.7. The molecule has 0 heterocycles. The van der Waals surface area contributed by atoms with Crippen LogP contribution in [0.3, 0.4) is 0 Å². The number of aliphatic hydroxyl groups is 2. The summed E-state index contributed by atoms with van der Waals surface area (Å²) < 4.78 is 5.46. The molecular weight excluding hydrogens is 815 g/mol. The van der Waals surface area contributed by atoms with Crippen LogP contribution in [0.15, 0.2) is 24.3 Å². The van der Waals surface area contributed by atoms with Crippen molar-refractivity contribution in [2.45, 2.75) is 334 Å². The van der Waals surface area contributed by atoms with E-state index >= 15 is 0 Å². The molecule has 3 N–H and O–H groups in total. The molecule has 6 heteroatoms. The quantitative estimate of drug-likeness (QED) is 0.0321. The Hall–Kier alpha value is -1.66. The molecule has 1 amide bonds. The number of esters is 1. The molecule has 0 aromatic heterocycles. The standard InChI is InChI=1S/C60H115NO5/c1-3-5-7-9-11-13-15-17-18-25-29-32-36-40-44-48-52-58(63)57(56-62)61-59(64)53-49-45-41-37-33-30-26-23-21-19-20-22-24-27-31-35-39-43-47-51-55-66-60(65)54-50-46-42-38-34-28-16-14-12-10-8-6-4-2/h8,10,14,16,57-58,62-63H,3-7,9,11-13,15,17-56H2,1-2H3,(H,61,64)/b10-8-,16-14-. The largest absolute Gasteiger partial charge is 0.466 e. The van der Waals surface area contributed by atoms with E-state index in [0.29, 0.717) is 25.9 Å². The molecule has 0 aromatic rings. The molecule has 0 spiro atoms. The summed E-state index contributed by atoms with van der Waals surface area (Å²) in [4.78, 5) is 24.5. The van der Waals surface area contributed by atoms with E-state index in [1.165, 1.54) is 238 Å². The molecule has 2 atom stereocenters. The Morgan fingerprint density at radius 2 is 0.788 bits per heavy atom. The van der Waals surface area contributed by atoms with Gasteiger partial charge in [0.1, 0.15) is 0 Å². The number of rotatable bonds is 55. The number of ether oxygens (including phenoxy) is 1. The van der Waals surface area contributed by atoms with E-state index in [9.17, 15) is 19.8 Å². The summed E-state index contributed by atoms with van der Waals surface area (Å²) in [5.41, 5.74) is 0. The molecule has 2 unspecified atom stereocenters. The summed E-state index contributed by atoms with van der Waals surface area (Å²) in [6.07, 6.45) is 67.4. The van der Waals surface area contributed by atoms with E-state index in [1.54, 1.807) is 0 Å². The average Bonchev–Trinajstić information content (AvgIpc) is 3.32. The molecule has 0 saturated heterocycles. The van der Waals surface area contributed by atoms with E-state index in [4.69, 9.17) is 4.74 Å². The van der Waals surface area contributed by atoms with E-state index in [-0.39, 0.29) is 18.5 Å². The Morgan fingerprint density at radius 1 is 0.424 bits per heavy atom. The minimum absolute atomic E-state index is 0.00445. The molecule has 0 aromatic carbocycles. The molecule has 0 rings (SSSR count). The molecule has 0 fully saturated rings. The second-order valence-corrected chi connectivity index (χ2v) is 20.3. The van der Waals surface area contributed by atoms with Gasteiger partial charge in [-0.2, -0.15) is 0 Å². The zero-order valence-electron chi connectivity index (χ0n) is 44.4. The number of carbonyl (C=O) groups is 2. The Balaban J connectivity index is 3.40. The Bertz CT molecular complexity index is 1030. The van der Waals surface area contributed by atoms with E-state index < -0.39 is 12.1 Å². The predicted octanol–water partition coefficient (Wildman–Crippen LogP) is 18.2. The van der Waals surface area contributed by atoms with Crippen molar-refractivity contribution in [1.82, 2.24) is 5.32 Å². The van der Waals surface area contributed by atoms with Gasteiger partial charge in [0.05, 0.1) is 25.4 Å². The van der Waals surface area contributed by atoms with Crippen LogP contribution in [0.2, 0.25) is 0 Å². The lowest BCUT2D eigenvalue weighted by Crippen LogP contribution is -2.45. The first-order chi connectivity index (χ1) is 32.5. The molecule has 0 bridgehead atoms. The molecule has 0 aliphatic carbocycles. The first-order valence-corrected chi connectivity index (χ1v) is 29.6. The highest BCUT2D eigenvalue weighted by molar-refractivity contribution is 5.76. The van der Waals surface area contributed by atoms with Gasteiger partial charge >= 0.3 is 5.97 Å². The van der Waals surface area contributed by atoms with Crippen LogP contribution in [-0.4, -0.2) is 47.4 Å². The number of unbranched alkanes of at least 4 members (excludes halogenated alkanes) is 40. The van der Waals surface area contributed by atoms with Crippen LogP contribution >= 0.6 is 0 Å². The van der Waals surface area contributed by atoms with Crippen molar-refractivity contribution in [1.29, 1.82) is 0 Å². The van der Waals surface area contributed by atoms with Gasteiger partial charge in [-0.15, -0.1) is 0 Å². The lowest BCUT2D eigenvalue weighted by atomic mass is 10.0. The summed E-state index contributed by atoms with van der Waals surface area (Å²) >= 11 is 0. The van der Waals surface area contributed by atoms with Crippen molar-refractivity contribution in [2.24, 2.45) is 0 Å². The van der Waals surface area contributed by atoms with Crippen LogP contribution in [0.4, 0.5) is 0 Å². The molecular formula is C60H115NO5. The minimum atomic E-state index is -0.665. The lowest BCUT2D eigenvalue weighted by molar-refractivity contribution is -0.143. The van der Waals surface area contributed by atoms with Gasteiger partial charge in [0.2, 0.25) is 5.91 Å². The summed E-state index contributed by atoms with van der Waals surface area (Å²) in [5.74, 6) is -0.0396. The van der Waals surface area contributed by atoms with Gasteiger partial charge in [0.25, 0.3) is 0 Å². The molecule has 0 radical (unpaired) electrons. The monoisotopic (exact) mass is 930 g/mol. The highest BCUT2D eigenvalue weighted by Gasteiger charge is 2.20. The first-order valence-electron chi connectivity index (χ1n) is 29.6. The maximum Gasteiger partial charge on any atom is 0.305 e. The number of nitrogens with one attached hydrogen (secondary N) is 1. The number of hydrogen-bond donors (Lipinski definition) is 3. The van der Waals surface area contributed by atoms with Gasteiger partial charge in [0.15, 0.2) is 0 Å². The SMILES string of the molecule is CCC/C=C\C/C=C\CCCCCCCC(=O)OCCCCCCCCCCCCCCCCCCCCCCC(=O)NC(CO)C(O)CCCCCCCCCCCCCCCCCC. The number of aliphatic hydroxyl groups excluding tert-OH is 2. The fraction of sp³-hybridized carbons (Fsp3) is 0.900. The average molecular weight is 931 g/mol. The second kappa shape index (κ2) is 55.9. The summed E-state index contributed by atoms with van der Waals surface area (Å²) in [6.45, 7) is 4.89. The van der Waals surface area contributed by atoms with E-state index in [2.05, 4.69) is 43.5 Å². The van der Waals surface area contributed by atoms with Crippen LogP contribution in [0.25, 0.3) is 0 Å². The molecule has 390 valence electrons. The van der Waals surface area contributed by atoms with Gasteiger partial charge in [-0.1, -0.05) is 282 Å². The Morgan fingerprint density at radius 3 is 1.21 bits per heavy atom. The lowest BCUT2D eigenvalue weighted by Gasteiger charge is -2.22. The van der Waals surface area contributed by atoms with Gasteiger partial charge in [-0.25, -0.2) is 0 Å². The van der Waals surface area contributed by atoms with E-state index in [0.717, 1.165) is 51.4 Å². The molecule has 0 saturated carbocycles. The van der Waals surface area contributed by atoms with Gasteiger partial charge in [-0.05, 0) is 51.4 Å². The van der Waals surface area contributed by atoms with Crippen molar-refractivity contribution in [2.75, 3.05) is 13.2 Å². The van der Waals surface area contributed by atoms with Gasteiger partial charge in [0, 0.05) is 12.8 Å². The molecule has 0 aliphatic rings. The van der Waals surface area contributed by atoms with Crippen molar-refractivity contribution < 1.29 is 24.5 Å². The number of carbonyl (C=O) groups excluding carboxylic acids is 2. The van der Waals surface area contributed by atoms with Crippen molar-refractivity contribution in [3.05, 3.63) is 24.3 Å². The van der Waals surface area contributed by atoms with Crippen LogP contribution in [0.5, 0.6) is 0 Å². The summed E-state index contributed by atoms with van der Waals surface area (Å²) in [6, 6.07) is -0.543. The number of hydrogen-bond acceptors (Lipinski definition) is 5. The van der Waals surface area contributed by atoms with Crippen molar-refractivity contribution in [3.63, 3.8) is 0 Å². The fourth-order valence-corrected chi connectivity index (χ4v) is 9.21. The number of allylic oxidation sites excluding steroid dienone is 4. The maximum atomic E-state index is 12.5. The topological polar surface area (TPSA) is 95.9 Å². The highest BCUT2D eigenvalue weighted by Crippen LogP contribution is 2.18. The van der Waals surface area contributed by atoms with Crippen LogP contribution in [-0.2, 0) is 14.3 Å². The molecule has 6 nitrogen and oxygen atoms in total. The molecule has 66 heavy (non-hydrogen) atoms. The third kappa shape index (κ3) is 51.7. The zero-order chi connectivity index (χ0) is 47.9. The first kappa shape index (κ1) is 64.3. The van der Waals surface area contributed by atoms with Crippen LogP contribution in [0, 0.1) is 0 Å². The summed E-state index contributed by atoms with van der Waals surface area (Å²) in [7, 11) is 0. The maximum absolute atomic E-state index is 12.5. The van der Waals surface area contributed by atoms with E-state index in [1.807, 2.05) is 0 Å². The van der Waals surface area contributed by atoms with Gasteiger partial charge in [-0.3, -0.25) is 9.59 Å². The Kier molecular flexibility index (Phi) is 54.5. The number of amides is 1. The predicted molar refractivity (Wildman–Crippen MR) is 287 cm³/mol. The summed E-state index contributed by atoms with van der Waals surface area (Å²) in [5, 5.41) is 23.3. The third-order valence-electron chi connectivity index (χ3n) is 13.7.